The maximum atomic E-state index is 12.9. The van der Waals surface area contributed by atoms with Crippen molar-refractivity contribution >= 4 is 5.82 Å². The molecule has 0 atom stereocenters. The lowest BCUT2D eigenvalue weighted by Gasteiger charge is -1.99. The van der Waals surface area contributed by atoms with E-state index in [4.69, 9.17) is 0 Å². The number of nitrogens with zero attached hydrogens (tertiary/aromatic N) is 2. The number of halogens is 1. The normalized spacial score (nSPS) is 10.1. The van der Waals surface area contributed by atoms with Gasteiger partial charge in [-0.25, -0.2) is 4.39 Å². The quantitative estimate of drug-likeness (QED) is 0.575. The second kappa shape index (κ2) is 4.06. The van der Waals surface area contributed by atoms with Crippen LogP contribution in [0.5, 0.6) is 0 Å². The molecule has 0 aliphatic rings. The van der Waals surface area contributed by atoms with Crippen molar-refractivity contribution in [2.75, 3.05) is 0 Å². The summed E-state index contributed by atoms with van der Waals surface area (Å²) in [6.45, 7) is 0. The van der Waals surface area contributed by atoms with Crippen LogP contribution in [0.25, 0.3) is 11.1 Å². The molecule has 0 amide bonds. The highest BCUT2D eigenvalue weighted by atomic mass is 19.1. The highest BCUT2D eigenvalue weighted by Gasteiger charge is 2.07. The first kappa shape index (κ1) is 10.2. The maximum Gasteiger partial charge on any atom is 0.363 e. The minimum absolute atomic E-state index is 0.222. The van der Waals surface area contributed by atoms with Crippen molar-refractivity contribution in [2.24, 2.45) is 0 Å². The van der Waals surface area contributed by atoms with Gasteiger partial charge in [0, 0.05) is 11.6 Å². The lowest BCUT2D eigenvalue weighted by Crippen LogP contribution is -1.91. The van der Waals surface area contributed by atoms with E-state index in [0.717, 1.165) is 0 Å². The fourth-order valence-corrected chi connectivity index (χ4v) is 1.33. The van der Waals surface area contributed by atoms with Gasteiger partial charge in [0.15, 0.2) is 0 Å². The van der Waals surface area contributed by atoms with Gasteiger partial charge in [0.1, 0.15) is 12.0 Å². The highest BCUT2D eigenvalue weighted by Crippen LogP contribution is 2.20. The highest BCUT2D eigenvalue weighted by molar-refractivity contribution is 5.62. The molecule has 1 aromatic carbocycles. The summed E-state index contributed by atoms with van der Waals surface area (Å²) >= 11 is 0. The molecule has 2 rings (SSSR count). The predicted octanol–water partition coefficient (Wildman–Crippen LogP) is 2.80. The minimum atomic E-state index is -0.574. The minimum Gasteiger partial charge on any atom is -0.358 e. The molecule has 0 bridgehead atoms. The number of aromatic nitrogens is 1. The molecule has 0 spiro atoms. The Morgan fingerprint density at radius 1 is 1.19 bits per heavy atom. The standard InChI is InChI=1S/C11H7FN2O2/c12-10-3-1-2-8(6-10)9-4-5-11(13-7-9)14(15)16/h1-7H. The fraction of sp³-hybridized carbons (Fsp3) is 0. The molecule has 0 fully saturated rings. The molecule has 0 saturated carbocycles. The van der Waals surface area contributed by atoms with Crippen molar-refractivity contribution < 1.29 is 9.31 Å². The van der Waals surface area contributed by atoms with Gasteiger partial charge in [0.05, 0.1) is 0 Å². The van der Waals surface area contributed by atoms with Crippen molar-refractivity contribution in [3.63, 3.8) is 0 Å². The second-order valence-corrected chi connectivity index (χ2v) is 3.17. The Balaban J connectivity index is 2.38. The van der Waals surface area contributed by atoms with Gasteiger partial charge in [-0.15, -0.1) is 0 Å². The maximum absolute atomic E-state index is 12.9. The molecule has 5 heteroatoms. The topological polar surface area (TPSA) is 56.0 Å². The largest absolute Gasteiger partial charge is 0.363 e. The lowest BCUT2D eigenvalue weighted by atomic mass is 10.1. The lowest BCUT2D eigenvalue weighted by molar-refractivity contribution is -0.389. The molecular formula is C11H7FN2O2. The summed E-state index contributed by atoms with van der Waals surface area (Å²) in [4.78, 5) is 13.5. The van der Waals surface area contributed by atoms with Gasteiger partial charge in [-0.3, -0.25) is 0 Å². The molecule has 2 aromatic rings. The van der Waals surface area contributed by atoms with Crippen LogP contribution in [0, 0.1) is 15.9 Å². The molecule has 0 saturated heterocycles. The first-order valence-electron chi connectivity index (χ1n) is 4.53. The van der Waals surface area contributed by atoms with Crippen LogP contribution in [0.2, 0.25) is 0 Å². The summed E-state index contributed by atoms with van der Waals surface area (Å²) in [6.07, 6.45) is 1.35. The third kappa shape index (κ3) is 2.03. The van der Waals surface area contributed by atoms with Crippen molar-refractivity contribution in [1.82, 2.24) is 4.98 Å². The van der Waals surface area contributed by atoms with Crippen LogP contribution in [0.4, 0.5) is 10.2 Å². The smallest absolute Gasteiger partial charge is 0.358 e. The van der Waals surface area contributed by atoms with Crippen LogP contribution in [-0.4, -0.2) is 9.91 Å². The van der Waals surface area contributed by atoms with E-state index in [-0.39, 0.29) is 11.6 Å². The molecule has 80 valence electrons. The van der Waals surface area contributed by atoms with Gasteiger partial charge < -0.3 is 10.1 Å². The monoisotopic (exact) mass is 218 g/mol. The van der Waals surface area contributed by atoms with Crippen molar-refractivity contribution in [3.05, 3.63) is 58.5 Å². The van der Waals surface area contributed by atoms with E-state index in [2.05, 4.69) is 4.98 Å². The number of rotatable bonds is 2. The van der Waals surface area contributed by atoms with Crippen molar-refractivity contribution in [1.29, 1.82) is 0 Å². The SMILES string of the molecule is O=[N+]([O-])c1ccc(-c2cccc(F)c2)cn1. The average molecular weight is 218 g/mol. The Hall–Kier alpha value is -2.30. The molecule has 0 radical (unpaired) electrons. The Morgan fingerprint density at radius 2 is 2.00 bits per heavy atom. The van der Waals surface area contributed by atoms with E-state index in [9.17, 15) is 14.5 Å². The fourth-order valence-electron chi connectivity index (χ4n) is 1.33. The summed E-state index contributed by atoms with van der Waals surface area (Å²) in [5.41, 5.74) is 1.28. The number of benzene rings is 1. The van der Waals surface area contributed by atoms with E-state index < -0.39 is 4.92 Å². The van der Waals surface area contributed by atoms with Gasteiger partial charge in [0.25, 0.3) is 0 Å². The molecule has 0 aliphatic carbocycles. The summed E-state index contributed by atoms with van der Waals surface area (Å²) in [6, 6.07) is 8.81. The van der Waals surface area contributed by atoms with Crippen LogP contribution in [0.1, 0.15) is 0 Å². The van der Waals surface area contributed by atoms with Crippen LogP contribution in [-0.2, 0) is 0 Å². The van der Waals surface area contributed by atoms with Gasteiger partial charge in [-0.2, -0.15) is 0 Å². The third-order valence-corrected chi connectivity index (χ3v) is 2.09. The predicted molar refractivity (Wildman–Crippen MR) is 56.3 cm³/mol. The van der Waals surface area contributed by atoms with E-state index in [1.165, 1.54) is 24.4 Å². The zero-order chi connectivity index (χ0) is 11.5. The zero-order valence-electron chi connectivity index (χ0n) is 8.13. The van der Waals surface area contributed by atoms with Crippen molar-refractivity contribution in [2.45, 2.75) is 0 Å². The van der Waals surface area contributed by atoms with Crippen LogP contribution in [0.15, 0.2) is 42.6 Å². The van der Waals surface area contributed by atoms with E-state index in [1.54, 1.807) is 18.2 Å². The summed E-state index contributed by atoms with van der Waals surface area (Å²) < 4.78 is 12.9. The first-order valence-corrected chi connectivity index (χ1v) is 4.53. The van der Waals surface area contributed by atoms with E-state index in [1.807, 2.05) is 0 Å². The molecule has 0 aliphatic heterocycles. The van der Waals surface area contributed by atoms with Crippen LogP contribution >= 0.6 is 0 Å². The Morgan fingerprint density at radius 3 is 2.56 bits per heavy atom. The molecule has 1 aromatic heterocycles. The first-order chi connectivity index (χ1) is 7.66. The van der Waals surface area contributed by atoms with Crippen molar-refractivity contribution in [3.8, 4) is 11.1 Å². The van der Waals surface area contributed by atoms with Gasteiger partial charge >= 0.3 is 5.82 Å². The molecule has 0 unspecified atom stereocenters. The number of nitro groups is 1. The van der Waals surface area contributed by atoms with Gasteiger partial charge in [0.2, 0.25) is 0 Å². The Kier molecular flexibility index (Phi) is 2.59. The summed E-state index contributed by atoms with van der Waals surface area (Å²) in [5, 5.41) is 10.4. The average Bonchev–Trinajstić information content (AvgIpc) is 2.29. The third-order valence-electron chi connectivity index (χ3n) is 2.09. The van der Waals surface area contributed by atoms with E-state index >= 15 is 0 Å². The van der Waals surface area contributed by atoms with Gasteiger partial charge in [-0.1, -0.05) is 12.1 Å². The molecule has 1 heterocycles. The molecule has 0 N–H and O–H groups in total. The molecule has 4 nitrogen and oxygen atoms in total. The summed E-state index contributed by atoms with van der Waals surface area (Å²) in [5.74, 6) is -0.573. The number of hydrogen-bond acceptors (Lipinski definition) is 3. The summed E-state index contributed by atoms with van der Waals surface area (Å²) in [7, 11) is 0. The van der Waals surface area contributed by atoms with E-state index in [0.29, 0.717) is 11.1 Å². The zero-order valence-corrected chi connectivity index (χ0v) is 8.13. The van der Waals surface area contributed by atoms with Crippen LogP contribution < -0.4 is 0 Å². The van der Waals surface area contributed by atoms with Crippen LogP contribution in [0.3, 0.4) is 0 Å². The number of pyridine rings is 1. The Bertz CT molecular complexity index is 526. The number of hydrogen-bond donors (Lipinski definition) is 0. The molecular weight excluding hydrogens is 211 g/mol. The van der Waals surface area contributed by atoms with Gasteiger partial charge in [-0.05, 0) is 33.7 Å². The second-order valence-electron chi connectivity index (χ2n) is 3.17. The molecule has 16 heavy (non-hydrogen) atoms. The Labute approximate surface area is 90.5 Å².